The lowest BCUT2D eigenvalue weighted by Gasteiger charge is -2.35. The van der Waals surface area contributed by atoms with Gasteiger partial charge in [0.25, 0.3) is 0 Å². The first-order valence-corrected chi connectivity index (χ1v) is 11.2. The number of nitrogens with one attached hydrogen (secondary N) is 2. The molecule has 1 aliphatic carbocycles. The SMILES string of the molecule is CC1CN(Cc2ccc(CNC3CCCC3C3COCCN3)cc2)CC(C)O1. The molecule has 5 nitrogen and oxygen atoms in total. The van der Waals surface area contributed by atoms with Crippen LogP contribution in [-0.4, -0.2) is 62.0 Å². The number of morpholine rings is 2. The molecule has 4 rings (SSSR count). The van der Waals surface area contributed by atoms with Gasteiger partial charge in [0, 0.05) is 44.8 Å². The Morgan fingerprint density at radius 2 is 1.82 bits per heavy atom. The summed E-state index contributed by atoms with van der Waals surface area (Å²) in [6.07, 6.45) is 4.59. The molecule has 2 aliphatic heterocycles. The van der Waals surface area contributed by atoms with E-state index in [-0.39, 0.29) is 0 Å². The van der Waals surface area contributed by atoms with Crippen molar-refractivity contribution in [2.45, 2.75) is 70.5 Å². The highest BCUT2D eigenvalue weighted by molar-refractivity contribution is 5.22. The van der Waals surface area contributed by atoms with Crippen LogP contribution < -0.4 is 10.6 Å². The molecule has 156 valence electrons. The van der Waals surface area contributed by atoms with Crippen LogP contribution in [0.15, 0.2) is 24.3 Å². The number of hydrogen-bond donors (Lipinski definition) is 2. The maximum atomic E-state index is 5.84. The van der Waals surface area contributed by atoms with Crippen molar-refractivity contribution in [3.05, 3.63) is 35.4 Å². The minimum atomic E-state index is 0.329. The third-order valence-corrected chi connectivity index (χ3v) is 6.53. The minimum Gasteiger partial charge on any atom is -0.379 e. The van der Waals surface area contributed by atoms with Crippen LogP contribution in [0.25, 0.3) is 0 Å². The van der Waals surface area contributed by atoms with E-state index in [9.17, 15) is 0 Å². The monoisotopic (exact) mass is 387 g/mol. The average molecular weight is 388 g/mol. The Kier molecular flexibility index (Phi) is 7.02. The standard InChI is InChI=1S/C23H37N3O2/c1-17-13-26(14-18(2)28-17)15-20-8-6-19(7-9-20)12-25-22-5-3-4-21(22)23-16-27-11-10-24-23/h6-9,17-18,21-25H,3-5,10-16H2,1-2H3. The second kappa shape index (κ2) is 9.68. The summed E-state index contributed by atoms with van der Waals surface area (Å²) in [5, 5.41) is 7.50. The number of ether oxygens (including phenoxy) is 2. The van der Waals surface area contributed by atoms with Crippen LogP contribution in [0.2, 0.25) is 0 Å². The van der Waals surface area contributed by atoms with Gasteiger partial charge in [0.05, 0.1) is 25.4 Å². The Labute approximate surface area is 170 Å². The van der Waals surface area contributed by atoms with Crippen LogP contribution in [-0.2, 0) is 22.6 Å². The zero-order valence-corrected chi connectivity index (χ0v) is 17.5. The maximum Gasteiger partial charge on any atom is 0.0678 e. The zero-order chi connectivity index (χ0) is 19.3. The smallest absolute Gasteiger partial charge is 0.0678 e. The topological polar surface area (TPSA) is 45.8 Å². The molecule has 2 heterocycles. The van der Waals surface area contributed by atoms with Crippen molar-refractivity contribution in [2.24, 2.45) is 5.92 Å². The second-order valence-corrected chi connectivity index (χ2v) is 8.99. The van der Waals surface area contributed by atoms with Crippen molar-refractivity contribution in [1.29, 1.82) is 0 Å². The highest BCUT2D eigenvalue weighted by atomic mass is 16.5. The lowest BCUT2D eigenvalue weighted by Crippen LogP contribution is -2.50. The van der Waals surface area contributed by atoms with Gasteiger partial charge in [0.2, 0.25) is 0 Å². The first-order chi connectivity index (χ1) is 13.7. The van der Waals surface area contributed by atoms with Crippen molar-refractivity contribution in [3.63, 3.8) is 0 Å². The second-order valence-electron chi connectivity index (χ2n) is 8.99. The molecule has 2 saturated heterocycles. The van der Waals surface area contributed by atoms with E-state index in [1.54, 1.807) is 0 Å². The summed E-state index contributed by atoms with van der Waals surface area (Å²) in [5.41, 5.74) is 2.78. The van der Waals surface area contributed by atoms with Gasteiger partial charge in [-0.25, -0.2) is 0 Å². The molecular weight excluding hydrogens is 350 g/mol. The molecule has 1 saturated carbocycles. The van der Waals surface area contributed by atoms with Crippen LogP contribution >= 0.6 is 0 Å². The maximum absolute atomic E-state index is 5.84. The molecule has 2 N–H and O–H groups in total. The molecule has 0 aromatic heterocycles. The van der Waals surface area contributed by atoms with Gasteiger partial charge < -0.3 is 20.1 Å². The first kappa shape index (κ1) is 20.3. The highest BCUT2D eigenvalue weighted by Crippen LogP contribution is 2.29. The van der Waals surface area contributed by atoms with Crippen molar-refractivity contribution in [3.8, 4) is 0 Å². The molecule has 0 amide bonds. The number of nitrogens with zero attached hydrogens (tertiary/aromatic N) is 1. The summed E-state index contributed by atoms with van der Waals surface area (Å²) >= 11 is 0. The van der Waals surface area contributed by atoms with E-state index in [0.717, 1.165) is 45.9 Å². The summed E-state index contributed by atoms with van der Waals surface area (Å²) in [6.45, 7) is 11.1. The number of rotatable bonds is 6. The fraction of sp³-hybridized carbons (Fsp3) is 0.739. The molecule has 5 heteroatoms. The third kappa shape index (κ3) is 5.33. The summed E-state index contributed by atoms with van der Waals surface area (Å²) in [7, 11) is 0. The first-order valence-electron chi connectivity index (χ1n) is 11.2. The van der Waals surface area contributed by atoms with Gasteiger partial charge in [-0.15, -0.1) is 0 Å². The quantitative estimate of drug-likeness (QED) is 0.785. The fourth-order valence-electron chi connectivity index (χ4n) is 5.27. The van der Waals surface area contributed by atoms with Crippen LogP contribution in [0.3, 0.4) is 0 Å². The van der Waals surface area contributed by atoms with Crippen LogP contribution in [0.5, 0.6) is 0 Å². The Bertz CT molecular complexity index is 592. The molecule has 28 heavy (non-hydrogen) atoms. The van der Waals surface area contributed by atoms with Crippen LogP contribution in [0.4, 0.5) is 0 Å². The van der Waals surface area contributed by atoms with Crippen LogP contribution in [0, 0.1) is 5.92 Å². The van der Waals surface area contributed by atoms with Gasteiger partial charge >= 0.3 is 0 Å². The largest absolute Gasteiger partial charge is 0.379 e. The van der Waals surface area contributed by atoms with Crippen LogP contribution in [0.1, 0.15) is 44.2 Å². The molecule has 0 spiro atoms. The van der Waals surface area contributed by atoms with E-state index >= 15 is 0 Å². The average Bonchev–Trinajstić information content (AvgIpc) is 3.16. The van der Waals surface area contributed by atoms with Gasteiger partial charge in [0.1, 0.15) is 0 Å². The van der Waals surface area contributed by atoms with Gasteiger partial charge in [-0.3, -0.25) is 4.90 Å². The summed E-state index contributed by atoms with van der Waals surface area (Å²) < 4.78 is 11.5. The van der Waals surface area contributed by atoms with E-state index < -0.39 is 0 Å². The minimum absolute atomic E-state index is 0.329. The molecule has 3 aliphatic rings. The molecular formula is C23H37N3O2. The molecule has 5 atom stereocenters. The Balaban J connectivity index is 1.26. The molecule has 3 fully saturated rings. The molecule has 1 aromatic rings. The molecule has 1 aromatic carbocycles. The van der Waals surface area contributed by atoms with Crippen molar-refractivity contribution in [1.82, 2.24) is 15.5 Å². The Morgan fingerprint density at radius 3 is 2.54 bits per heavy atom. The van der Waals surface area contributed by atoms with E-state index in [1.165, 1.54) is 30.4 Å². The number of benzene rings is 1. The van der Waals surface area contributed by atoms with E-state index in [0.29, 0.717) is 30.2 Å². The Morgan fingerprint density at radius 1 is 1.07 bits per heavy atom. The molecule has 5 unspecified atom stereocenters. The van der Waals surface area contributed by atoms with E-state index in [1.807, 2.05) is 0 Å². The van der Waals surface area contributed by atoms with Crippen molar-refractivity contribution in [2.75, 3.05) is 32.8 Å². The van der Waals surface area contributed by atoms with Gasteiger partial charge in [-0.2, -0.15) is 0 Å². The summed E-state index contributed by atoms with van der Waals surface area (Å²) in [6, 6.07) is 10.3. The predicted molar refractivity (Wildman–Crippen MR) is 112 cm³/mol. The Hall–Kier alpha value is -0.980. The molecule has 0 bridgehead atoms. The molecule has 0 radical (unpaired) electrons. The zero-order valence-electron chi connectivity index (χ0n) is 17.5. The lowest BCUT2D eigenvalue weighted by molar-refractivity contribution is -0.0704. The van der Waals surface area contributed by atoms with Gasteiger partial charge in [-0.1, -0.05) is 30.7 Å². The predicted octanol–water partition coefficient (Wildman–Crippen LogP) is 2.54. The third-order valence-electron chi connectivity index (χ3n) is 6.53. The summed E-state index contributed by atoms with van der Waals surface area (Å²) in [4.78, 5) is 2.51. The fourth-order valence-corrected chi connectivity index (χ4v) is 5.27. The summed E-state index contributed by atoms with van der Waals surface area (Å²) in [5.74, 6) is 0.699. The van der Waals surface area contributed by atoms with Gasteiger partial charge in [-0.05, 0) is 43.7 Å². The lowest BCUT2D eigenvalue weighted by atomic mass is 9.94. The normalized spacial score (nSPS) is 34.6. The van der Waals surface area contributed by atoms with E-state index in [2.05, 4.69) is 53.6 Å². The van der Waals surface area contributed by atoms with E-state index in [4.69, 9.17) is 9.47 Å². The number of hydrogen-bond acceptors (Lipinski definition) is 5. The van der Waals surface area contributed by atoms with Crippen molar-refractivity contribution < 1.29 is 9.47 Å². The van der Waals surface area contributed by atoms with Gasteiger partial charge in [0.15, 0.2) is 0 Å². The van der Waals surface area contributed by atoms with Crippen molar-refractivity contribution >= 4 is 0 Å². The highest BCUT2D eigenvalue weighted by Gasteiger charge is 2.34.